The number of ether oxygens (including phenoxy) is 1. The zero-order valence-corrected chi connectivity index (χ0v) is 12.7. The maximum Gasteiger partial charge on any atom is 0.266 e. The number of anilines is 2. The molecule has 0 unspecified atom stereocenters. The van der Waals surface area contributed by atoms with Crippen LogP contribution in [-0.2, 0) is 9.59 Å². The molecular formula is C17H14F2N2O3. The van der Waals surface area contributed by atoms with Gasteiger partial charge < -0.3 is 15.4 Å². The smallest absolute Gasteiger partial charge is 0.266 e. The van der Waals surface area contributed by atoms with Crippen molar-refractivity contribution in [2.45, 2.75) is 19.4 Å². The molecule has 2 aromatic carbocycles. The highest BCUT2D eigenvalue weighted by molar-refractivity contribution is 6.02. The van der Waals surface area contributed by atoms with Crippen LogP contribution in [0.15, 0.2) is 36.4 Å². The summed E-state index contributed by atoms with van der Waals surface area (Å²) < 4.78 is 31.9. The van der Waals surface area contributed by atoms with Gasteiger partial charge in [-0.05, 0) is 36.8 Å². The first-order chi connectivity index (χ1) is 11.4. The number of halogens is 2. The second-order valence-electron chi connectivity index (χ2n) is 5.47. The van der Waals surface area contributed by atoms with Gasteiger partial charge in [-0.2, -0.15) is 0 Å². The minimum absolute atomic E-state index is 0.159. The van der Waals surface area contributed by atoms with E-state index in [1.54, 1.807) is 12.1 Å². The summed E-state index contributed by atoms with van der Waals surface area (Å²) in [5.74, 6) is -2.24. The average Bonchev–Trinajstić information content (AvgIpc) is 2.51. The van der Waals surface area contributed by atoms with Crippen LogP contribution in [0.5, 0.6) is 5.75 Å². The van der Waals surface area contributed by atoms with Gasteiger partial charge in [0.1, 0.15) is 17.4 Å². The second-order valence-corrected chi connectivity index (χ2v) is 5.47. The highest BCUT2D eigenvalue weighted by atomic mass is 19.1. The molecule has 0 bridgehead atoms. The third-order valence-electron chi connectivity index (χ3n) is 3.53. The van der Waals surface area contributed by atoms with Gasteiger partial charge in [-0.25, -0.2) is 8.78 Å². The number of fused-ring (bicyclic) bond motifs is 1. The van der Waals surface area contributed by atoms with Crippen molar-refractivity contribution >= 4 is 23.2 Å². The number of benzene rings is 2. The Morgan fingerprint density at radius 1 is 1.25 bits per heavy atom. The summed E-state index contributed by atoms with van der Waals surface area (Å²) in [6.45, 7) is 1.88. The maximum absolute atomic E-state index is 13.5. The number of aryl methyl sites for hydroxylation is 1. The van der Waals surface area contributed by atoms with Crippen LogP contribution in [0.4, 0.5) is 20.2 Å². The molecule has 0 radical (unpaired) electrons. The van der Waals surface area contributed by atoms with Gasteiger partial charge in [0, 0.05) is 6.07 Å². The van der Waals surface area contributed by atoms with Crippen LogP contribution in [0.1, 0.15) is 12.0 Å². The third kappa shape index (κ3) is 3.34. The lowest BCUT2D eigenvalue weighted by Gasteiger charge is -2.25. The van der Waals surface area contributed by atoms with Crippen molar-refractivity contribution in [2.24, 2.45) is 0 Å². The van der Waals surface area contributed by atoms with E-state index in [4.69, 9.17) is 4.74 Å². The summed E-state index contributed by atoms with van der Waals surface area (Å²) in [7, 11) is 0. The minimum Gasteiger partial charge on any atom is -0.478 e. The highest BCUT2D eigenvalue weighted by Gasteiger charge is 2.30. The average molecular weight is 332 g/mol. The van der Waals surface area contributed by atoms with E-state index in [1.807, 2.05) is 13.0 Å². The fourth-order valence-corrected chi connectivity index (χ4v) is 2.36. The number of carbonyl (C=O) groups excluding carboxylic acids is 2. The molecular weight excluding hydrogens is 318 g/mol. The number of hydrogen-bond acceptors (Lipinski definition) is 3. The largest absolute Gasteiger partial charge is 0.478 e. The van der Waals surface area contributed by atoms with Crippen molar-refractivity contribution in [3.63, 3.8) is 0 Å². The summed E-state index contributed by atoms with van der Waals surface area (Å²) >= 11 is 0. The predicted molar refractivity (Wildman–Crippen MR) is 83.8 cm³/mol. The normalized spacial score (nSPS) is 16.0. The maximum atomic E-state index is 13.5. The zero-order chi connectivity index (χ0) is 17.3. The van der Waals surface area contributed by atoms with E-state index in [-0.39, 0.29) is 12.1 Å². The molecule has 2 amide bonds. The molecule has 124 valence electrons. The van der Waals surface area contributed by atoms with E-state index in [0.29, 0.717) is 17.5 Å². The molecule has 0 aliphatic carbocycles. The molecule has 1 heterocycles. The number of nitrogens with one attached hydrogen (secondary N) is 2. The van der Waals surface area contributed by atoms with Crippen molar-refractivity contribution in [3.05, 3.63) is 53.6 Å². The Labute approximate surface area is 136 Å². The molecule has 1 atom stereocenters. The van der Waals surface area contributed by atoms with Crippen LogP contribution in [0.3, 0.4) is 0 Å². The molecule has 0 spiro atoms. The third-order valence-corrected chi connectivity index (χ3v) is 3.53. The van der Waals surface area contributed by atoms with E-state index >= 15 is 0 Å². The van der Waals surface area contributed by atoms with Gasteiger partial charge in [-0.3, -0.25) is 9.59 Å². The van der Waals surface area contributed by atoms with Crippen LogP contribution in [-0.4, -0.2) is 17.9 Å². The lowest BCUT2D eigenvalue weighted by Crippen LogP contribution is -2.39. The first-order valence-corrected chi connectivity index (χ1v) is 7.25. The van der Waals surface area contributed by atoms with Crippen LogP contribution in [0.25, 0.3) is 0 Å². The van der Waals surface area contributed by atoms with Gasteiger partial charge in [0.2, 0.25) is 5.91 Å². The van der Waals surface area contributed by atoms with Gasteiger partial charge >= 0.3 is 0 Å². The van der Waals surface area contributed by atoms with Crippen LogP contribution in [0, 0.1) is 18.6 Å². The fraction of sp³-hybridized carbons (Fsp3) is 0.176. The van der Waals surface area contributed by atoms with Crippen LogP contribution < -0.4 is 15.4 Å². The molecule has 2 N–H and O–H groups in total. The summed E-state index contributed by atoms with van der Waals surface area (Å²) in [5.41, 5.74) is 1.34. The Morgan fingerprint density at radius 3 is 2.79 bits per heavy atom. The summed E-state index contributed by atoms with van der Waals surface area (Å²) in [5, 5.41) is 4.97. The number of amides is 2. The number of carbonyl (C=O) groups is 2. The number of rotatable bonds is 3. The molecule has 3 rings (SSSR count). The second kappa shape index (κ2) is 6.27. The van der Waals surface area contributed by atoms with Gasteiger partial charge in [-0.15, -0.1) is 0 Å². The summed E-state index contributed by atoms with van der Waals surface area (Å²) in [6, 6.07) is 8.09. The Kier molecular flexibility index (Phi) is 4.16. The quantitative estimate of drug-likeness (QED) is 0.908. The highest BCUT2D eigenvalue weighted by Crippen LogP contribution is 2.31. The molecule has 2 aromatic rings. The van der Waals surface area contributed by atoms with Crippen molar-refractivity contribution in [1.82, 2.24) is 0 Å². The lowest BCUT2D eigenvalue weighted by molar-refractivity contribution is -0.128. The van der Waals surface area contributed by atoms with Gasteiger partial charge in [0.05, 0.1) is 17.8 Å². The molecule has 1 aliphatic rings. The van der Waals surface area contributed by atoms with E-state index in [2.05, 4.69) is 10.6 Å². The van der Waals surface area contributed by atoms with Gasteiger partial charge in [0.15, 0.2) is 6.10 Å². The first kappa shape index (κ1) is 15.9. The Balaban J connectivity index is 1.68. The molecule has 1 aliphatic heterocycles. The zero-order valence-electron chi connectivity index (χ0n) is 12.7. The summed E-state index contributed by atoms with van der Waals surface area (Å²) in [4.78, 5) is 24.0. The van der Waals surface area contributed by atoms with Crippen LogP contribution >= 0.6 is 0 Å². The van der Waals surface area contributed by atoms with E-state index < -0.39 is 29.6 Å². The monoisotopic (exact) mass is 332 g/mol. The molecule has 0 saturated carbocycles. The standard InChI is InChI=1S/C17H14F2N2O3/c1-9-2-5-14-13(6-9)21-17(23)15(24-14)8-16(22)20-12-4-3-10(18)7-11(12)19/h2-7,15H,8H2,1H3,(H,20,22)(H,21,23)/t15-/m1/s1. The number of hydrogen-bond donors (Lipinski definition) is 2. The topological polar surface area (TPSA) is 67.4 Å². The van der Waals surface area contributed by atoms with E-state index in [9.17, 15) is 18.4 Å². The van der Waals surface area contributed by atoms with Crippen molar-refractivity contribution < 1.29 is 23.1 Å². The van der Waals surface area contributed by atoms with E-state index in [0.717, 1.165) is 17.7 Å². The van der Waals surface area contributed by atoms with Crippen LogP contribution in [0.2, 0.25) is 0 Å². The Bertz CT molecular complexity index is 823. The predicted octanol–water partition coefficient (Wildman–Crippen LogP) is 3.00. The van der Waals surface area contributed by atoms with Gasteiger partial charge in [-0.1, -0.05) is 6.07 Å². The molecule has 0 fully saturated rings. The summed E-state index contributed by atoms with van der Waals surface area (Å²) in [6.07, 6.45) is -1.32. The molecule has 0 saturated heterocycles. The van der Waals surface area contributed by atoms with Gasteiger partial charge in [0.25, 0.3) is 5.91 Å². The lowest BCUT2D eigenvalue weighted by atomic mass is 10.1. The SMILES string of the molecule is Cc1ccc2c(c1)NC(=O)[C@@H](CC(=O)Nc1ccc(F)cc1F)O2. The van der Waals surface area contributed by atoms with Crippen molar-refractivity contribution in [3.8, 4) is 5.75 Å². The fourth-order valence-electron chi connectivity index (χ4n) is 2.36. The van der Waals surface area contributed by atoms with Crippen molar-refractivity contribution in [1.29, 1.82) is 0 Å². The Morgan fingerprint density at radius 2 is 2.04 bits per heavy atom. The van der Waals surface area contributed by atoms with E-state index in [1.165, 1.54) is 0 Å². The molecule has 5 nitrogen and oxygen atoms in total. The first-order valence-electron chi connectivity index (χ1n) is 7.25. The molecule has 24 heavy (non-hydrogen) atoms. The molecule has 7 heteroatoms. The van der Waals surface area contributed by atoms with Crippen molar-refractivity contribution in [2.75, 3.05) is 10.6 Å². The Hall–Kier alpha value is -2.96. The molecule has 0 aromatic heterocycles. The minimum atomic E-state index is -1.02.